The molecule has 0 saturated heterocycles. The maximum Gasteiger partial charge on any atom is 0.329 e. The van der Waals surface area contributed by atoms with Gasteiger partial charge >= 0.3 is 5.69 Å². The van der Waals surface area contributed by atoms with Crippen molar-refractivity contribution in [2.24, 2.45) is 0 Å². The Morgan fingerprint density at radius 2 is 1.89 bits per heavy atom. The summed E-state index contributed by atoms with van der Waals surface area (Å²) in [5.41, 5.74) is 0.973. The van der Waals surface area contributed by atoms with Gasteiger partial charge in [-0.15, -0.1) is 0 Å². The second-order valence-electron chi connectivity index (χ2n) is 6.47. The fourth-order valence-electron chi connectivity index (χ4n) is 3.24. The third-order valence-corrected chi connectivity index (χ3v) is 4.64. The fraction of sp³-hybridized carbons (Fsp3) is 0.150. The van der Waals surface area contributed by atoms with E-state index < -0.39 is 17.2 Å². The number of para-hydroxylation sites is 1. The summed E-state index contributed by atoms with van der Waals surface area (Å²) in [6.07, 6.45) is 2.26. The summed E-state index contributed by atoms with van der Waals surface area (Å²) < 4.78 is 14.3. The highest BCUT2D eigenvalue weighted by molar-refractivity contribution is 5.83. The Balaban J connectivity index is 1.45. The molecule has 0 aliphatic carbocycles. The first-order valence-electron chi connectivity index (χ1n) is 8.77. The van der Waals surface area contributed by atoms with Crippen molar-refractivity contribution in [3.05, 3.63) is 80.9 Å². The Bertz CT molecular complexity index is 1300. The number of halogens is 1. The normalized spacial score (nSPS) is 11.2. The minimum Gasteiger partial charge on any atom is -0.361 e. The zero-order chi connectivity index (χ0) is 19.7. The van der Waals surface area contributed by atoms with Crippen LogP contribution in [-0.2, 0) is 17.8 Å². The highest BCUT2D eigenvalue weighted by atomic mass is 19.1. The number of benzene rings is 2. The second kappa shape index (κ2) is 7.15. The van der Waals surface area contributed by atoms with Crippen LogP contribution in [0.25, 0.3) is 21.8 Å². The minimum absolute atomic E-state index is 0.294. The van der Waals surface area contributed by atoms with Gasteiger partial charge in [0.05, 0.1) is 10.9 Å². The fourth-order valence-corrected chi connectivity index (χ4v) is 3.24. The summed E-state index contributed by atoms with van der Waals surface area (Å²) >= 11 is 0. The Morgan fingerprint density at radius 1 is 1.07 bits per heavy atom. The average molecular weight is 380 g/mol. The third-order valence-electron chi connectivity index (χ3n) is 4.64. The Hall–Kier alpha value is -3.68. The van der Waals surface area contributed by atoms with E-state index in [2.05, 4.69) is 15.3 Å². The minimum atomic E-state index is -0.633. The van der Waals surface area contributed by atoms with Gasteiger partial charge in [-0.1, -0.05) is 12.1 Å². The molecule has 2 aromatic heterocycles. The molecule has 4 aromatic rings. The number of aromatic amines is 2. The molecule has 4 rings (SSSR count). The number of carbonyl (C=O) groups excluding carboxylic acids is 1. The van der Waals surface area contributed by atoms with E-state index in [1.165, 1.54) is 12.1 Å². The van der Waals surface area contributed by atoms with Crippen LogP contribution in [-0.4, -0.2) is 27.0 Å². The van der Waals surface area contributed by atoms with E-state index in [0.717, 1.165) is 21.0 Å². The number of amides is 1. The third kappa shape index (κ3) is 3.32. The van der Waals surface area contributed by atoms with E-state index in [1.54, 1.807) is 36.5 Å². The average Bonchev–Trinajstić information content (AvgIpc) is 3.07. The molecule has 0 unspecified atom stereocenters. The molecule has 0 bridgehead atoms. The van der Waals surface area contributed by atoms with E-state index in [-0.39, 0.29) is 12.4 Å². The van der Waals surface area contributed by atoms with Crippen molar-refractivity contribution in [1.82, 2.24) is 19.9 Å². The van der Waals surface area contributed by atoms with E-state index in [9.17, 15) is 18.8 Å². The SMILES string of the molecule is O=C(Cn1c(=O)[nH]c2ccccc2c1=O)NCCc1c[nH]c2ccc(F)cc12. The molecule has 0 fully saturated rings. The van der Waals surface area contributed by atoms with Gasteiger partial charge in [0.25, 0.3) is 5.56 Å². The lowest BCUT2D eigenvalue weighted by molar-refractivity contribution is -0.121. The highest BCUT2D eigenvalue weighted by Gasteiger charge is 2.11. The number of carbonyl (C=O) groups is 1. The van der Waals surface area contributed by atoms with Gasteiger partial charge in [0, 0.05) is 23.6 Å². The van der Waals surface area contributed by atoms with Crippen LogP contribution >= 0.6 is 0 Å². The smallest absolute Gasteiger partial charge is 0.329 e. The van der Waals surface area contributed by atoms with Crippen molar-refractivity contribution in [2.45, 2.75) is 13.0 Å². The van der Waals surface area contributed by atoms with Crippen molar-refractivity contribution >= 4 is 27.7 Å². The van der Waals surface area contributed by atoms with Gasteiger partial charge in [-0.05, 0) is 42.3 Å². The predicted octanol–water partition coefficient (Wildman–Crippen LogP) is 1.67. The quantitative estimate of drug-likeness (QED) is 0.491. The topological polar surface area (TPSA) is 99.8 Å². The lowest BCUT2D eigenvalue weighted by atomic mass is 10.1. The number of hydrogen-bond acceptors (Lipinski definition) is 3. The first kappa shape index (κ1) is 17.7. The monoisotopic (exact) mass is 380 g/mol. The van der Waals surface area contributed by atoms with Gasteiger partial charge < -0.3 is 15.3 Å². The van der Waals surface area contributed by atoms with Crippen molar-refractivity contribution in [3.8, 4) is 0 Å². The zero-order valence-corrected chi connectivity index (χ0v) is 14.8. The molecule has 2 heterocycles. The van der Waals surface area contributed by atoms with E-state index >= 15 is 0 Å². The van der Waals surface area contributed by atoms with Crippen LogP contribution in [0, 0.1) is 5.82 Å². The van der Waals surface area contributed by atoms with Crippen molar-refractivity contribution in [1.29, 1.82) is 0 Å². The Morgan fingerprint density at radius 3 is 2.75 bits per heavy atom. The lowest BCUT2D eigenvalue weighted by Gasteiger charge is -2.07. The predicted molar refractivity (Wildman–Crippen MR) is 104 cm³/mol. The molecule has 3 N–H and O–H groups in total. The number of hydrogen-bond donors (Lipinski definition) is 3. The molecule has 7 nitrogen and oxygen atoms in total. The molecule has 0 aliphatic rings. The Kier molecular flexibility index (Phi) is 4.52. The molecule has 142 valence electrons. The van der Waals surface area contributed by atoms with Gasteiger partial charge in [0.15, 0.2) is 0 Å². The molecule has 1 amide bonds. The Labute approximate surface area is 157 Å². The first-order chi connectivity index (χ1) is 13.5. The summed E-state index contributed by atoms with van der Waals surface area (Å²) in [4.78, 5) is 42.4. The van der Waals surface area contributed by atoms with Gasteiger partial charge in [0.1, 0.15) is 12.4 Å². The molecule has 2 aromatic carbocycles. The van der Waals surface area contributed by atoms with Crippen molar-refractivity contribution in [3.63, 3.8) is 0 Å². The van der Waals surface area contributed by atoms with E-state index in [1.807, 2.05) is 0 Å². The molecule has 0 atom stereocenters. The van der Waals surface area contributed by atoms with Crippen LogP contribution < -0.4 is 16.6 Å². The second-order valence-corrected chi connectivity index (χ2v) is 6.47. The summed E-state index contributed by atoms with van der Waals surface area (Å²) in [6, 6.07) is 11.1. The molecule has 0 aliphatic heterocycles. The van der Waals surface area contributed by atoms with Gasteiger partial charge in [-0.2, -0.15) is 0 Å². The van der Waals surface area contributed by atoms with E-state index in [4.69, 9.17) is 0 Å². The van der Waals surface area contributed by atoms with Crippen LogP contribution in [0.4, 0.5) is 4.39 Å². The van der Waals surface area contributed by atoms with Crippen LogP contribution in [0.15, 0.2) is 58.3 Å². The number of nitrogens with zero attached hydrogens (tertiary/aromatic N) is 1. The van der Waals surface area contributed by atoms with Gasteiger partial charge in [-0.3, -0.25) is 14.2 Å². The van der Waals surface area contributed by atoms with Crippen molar-refractivity contribution < 1.29 is 9.18 Å². The maximum absolute atomic E-state index is 13.4. The molecule has 0 radical (unpaired) electrons. The van der Waals surface area contributed by atoms with Crippen LogP contribution in [0.1, 0.15) is 5.56 Å². The maximum atomic E-state index is 13.4. The summed E-state index contributed by atoms with van der Waals surface area (Å²) in [5, 5.41) is 3.80. The van der Waals surface area contributed by atoms with Crippen LogP contribution in [0.5, 0.6) is 0 Å². The number of aromatic nitrogens is 3. The standard InChI is InChI=1S/C20H17FN4O3/c21-13-5-6-16-15(9-13)12(10-23-16)7-8-22-18(26)11-25-19(27)14-3-1-2-4-17(14)24-20(25)28/h1-6,9-10,23H,7-8,11H2,(H,22,26)(H,24,28). The zero-order valence-electron chi connectivity index (χ0n) is 14.8. The first-order valence-corrected chi connectivity index (χ1v) is 8.77. The summed E-state index contributed by atoms with van der Waals surface area (Å²) in [5.74, 6) is -0.777. The van der Waals surface area contributed by atoms with Crippen LogP contribution in [0.2, 0.25) is 0 Å². The number of nitrogens with one attached hydrogen (secondary N) is 3. The number of rotatable bonds is 5. The molecule has 8 heteroatoms. The molecular weight excluding hydrogens is 363 g/mol. The molecule has 0 spiro atoms. The lowest BCUT2D eigenvalue weighted by Crippen LogP contribution is -2.41. The summed E-state index contributed by atoms with van der Waals surface area (Å²) in [7, 11) is 0. The summed E-state index contributed by atoms with van der Waals surface area (Å²) in [6.45, 7) is -0.0793. The number of H-pyrrole nitrogens is 2. The molecule has 0 saturated carbocycles. The highest BCUT2D eigenvalue weighted by Crippen LogP contribution is 2.19. The van der Waals surface area contributed by atoms with Gasteiger partial charge in [-0.25, -0.2) is 9.18 Å². The molecule has 28 heavy (non-hydrogen) atoms. The van der Waals surface area contributed by atoms with Gasteiger partial charge in [0.2, 0.25) is 5.91 Å². The largest absolute Gasteiger partial charge is 0.361 e. The molecular formula is C20H17FN4O3. The van der Waals surface area contributed by atoms with Crippen LogP contribution in [0.3, 0.4) is 0 Å². The van der Waals surface area contributed by atoms with Crippen molar-refractivity contribution in [2.75, 3.05) is 6.54 Å². The van der Waals surface area contributed by atoms with E-state index in [0.29, 0.717) is 23.9 Å². The number of fused-ring (bicyclic) bond motifs is 2.